The molecule has 0 N–H and O–H groups in total. The number of halogens is 2. The van der Waals surface area contributed by atoms with Crippen molar-refractivity contribution >= 4 is 43.8 Å². The Balaban J connectivity index is 2.74. The summed E-state index contributed by atoms with van der Waals surface area (Å²) in [5.74, 6) is -0.155. The number of esters is 2. The predicted molar refractivity (Wildman–Crippen MR) is 74.5 cm³/mol. The Hall–Kier alpha value is -0.880. The van der Waals surface area contributed by atoms with Crippen molar-refractivity contribution in [1.29, 1.82) is 0 Å². The summed E-state index contributed by atoms with van der Waals surface area (Å²) in [6.45, 7) is 3.33. The van der Waals surface area contributed by atoms with Gasteiger partial charge in [0.1, 0.15) is 21.2 Å². The quantitative estimate of drug-likeness (QED) is 0.458. The minimum atomic E-state index is -0.410. The van der Waals surface area contributed by atoms with E-state index in [1.165, 1.54) is 6.07 Å². The third-order valence-corrected chi connectivity index (χ3v) is 2.64. The van der Waals surface area contributed by atoms with Crippen molar-refractivity contribution in [2.75, 3.05) is 0 Å². The maximum Gasteiger partial charge on any atom is 0.324 e. The summed E-state index contributed by atoms with van der Waals surface area (Å²) < 4.78 is 10.1. The smallest absolute Gasteiger partial charge is 0.324 e. The molecule has 0 aliphatic rings. The number of benzene rings is 1. The van der Waals surface area contributed by atoms with Crippen molar-refractivity contribution < 1.29 is 19.1 Å². The van der Waals surface area contributed by atoms with Crippen molar-refractivity contribution in [3.63, 3.8) is 0 Å². The van der Waals surface area contributed by atoms with Crippen LogP contribution >= 0.6 is 31.9 Å². The van der Waals surface area contributed by atoms with Gasteiger partial charge in [-0.15, -0.1) is 0 Å². The lowest BCUT2D eigenvalue weighted by Crippen LogP contribution is -2.18. The Morgan fingerprint density at radius 2 is 1.39 bits per heavy atom. The zero-order valence-electron chi connectivity index (χ0n) is 9.85. The monoisotopic (exact) mass is 378 g/mol. The molecule has 0 aliphatic carbocycles. The van der Waals surface area contributed by atoms with Crippen LogP contribution in [0.2, 0.25) is 0 Å². The molecule has 4 nitrogen and oxygen atoms in total. The second kappa shape index (κ2) is 6.89. The summed E-state index contributed by atoms with van der Waals surface area (Å²) in [6.07, 6.45) is 0. The number of carbonyl (C=O) groups excluding carboxylic acids is 2. The first-order chi connectivity index (χ1) is 8.40. The van der Waals surface area contributed by atoms with E-state index in [0.717, 1.165) is 0 Å². The second-order valence-electron chi connectivity index (χ2n) is 3.55. The third-order valence-electron chi connectivity index (χ3n) is 1.89. The molecule has 0 saturated heterocycles. The fourth-order valence-electron chi connectivity index (χ4n) is 0.996. The SMILES string of the molecule is CC(Br)C(=O)Oc1cccc(OC(=O)C(C)Br)c1. The lowest BCUT2D eigenvalue weighted by molar-refractivity contribution is -0.133. The first kappa shape index (κ1) is 15.2. The zero-order chi connectivity index (χ0) is 13.7. The maximum absolute atomic E-state index is 11.4. The highest BCUT2D eigenvalue weighted by molar-refractivity contribution is 9.10. The van der Waals surface area contributed by atoms with E-state index >= 15 is 0 Å². The molecule has 6 heteroatoms. The highest BCUT2D eigenvalue weighted by Crippen LogP contribution is 2.21. The van der Waals surface area contributed by atoms with Gasteiger partial charge in [0.2, 0.25) is 0 Å². The van der Waals surface area contributed by atoms with Gasteiger partial charge in [-0.05, 0) is 26.0 Å². The van der Waals surface area contributed by atoms with Crippen LogP contribution in [0.1, 0.15) is 13.8 Å². The highest BCUT2D eigenvalue weighted by Gasteiger charge is 2.14. The molecule has 0 saturated carbocycles. The fraction of sp³-hybridized carbons (Fsp3) is 0.333. The summed E-state index contributed by atoms with van der Waals surface area (Å²) in [5.41, 5.74) is 0. The lowest BCUT2D eigenvalue weighted by Gasteiger charge is -2.08. The molecule has 98 valence electrons. The van der Waals surface area contributed by atoms with Crippen molar-refractivity contribution in [2.24, 2.45) is 0 Å². The van der Waals surface area contributed by atoms with Crippen LogP contribution < -0.4 is 9.47 Å². The number of alkyl halides is 2. The van der Waals surface area contributed by atoms with Crippen LogP contribution in [0.4, 0.5) is 0 Å². The fourth-order valence-corrected chi connectivity index (χ4v) is 1.18. The molecule has 2 atom stereocenters. The van der Waals surface area contributed by atoms with Gasteiger partial charge in [0.25, 0.3) is 0 Å². The van der Waals surface area contributed by atoms with Crippen molar-refractivity contribution in [2.45, 2.75) is 23.5 Å². The molecule has 0 fully saturated rings. The van der Waals surface area contributed by atoms with Gasteiger partial charge in [-0.1, -0.05) is 37.9 Å². The number of rotatable bonds is 4. The molecule has 2 unspecified atom stereocenters. The van der Waals surface area contributed by atoms with E-state index in [1.54, 1.807) is 32.0 Å². The minimum Gasteiger partial charge on any atom is -0.426 e. The van der Waals surface area contributed by atoms with Gasteiger partial charge in [0.05, 0.1) is 0 Å². The molecule has 0 aromatic heterocycles. The maximum atomic E-state index is 11.4. The van der Waals surface area contributed by atoms with Gasteiger partial charge in [-0.3, -0.25) is 9.59 Å². The number of hydrogen-bond acceptors (Lipinski definition) is 4. The summed E-state index contributed by atoms with van der Waals surface area (Å²) in [6, 6.07) is 6.36. The molecule has 0 spiro atoms. The van der Waals surface area contributed by atoms with Gasteiger partial charge in [0.15, 0.2) is 0 Å². The predicted octanol–water partition coefficient (Wildman–Crippen LogP) is 3.06. The Bertz CT molecular complexity index is 406. The van der Waals surface area contributed by atoms with E-state index < -0.39 is 21.6 Å². The number of hydrogen-bond donors (Lipinski definition) is 0. The van der Waals surface area contributed by atoms with Crippen LogP contribution in [0.15, 0.2) is 24.3 Å². The second-order valence-corrected chi connectivity index (χ2v) is 6.30. The lowest BCUT2D eigenvalue weighted by atomic mass is 10.3. The molecule has 0 radical (unpaired) electrons. The summed E-state index contributed by atoms with van der Waals surface area (Å²) in [4.78, 5) is 21.9. The van der Waals surface area contributed by atoms with Gasteiger partial charge in [-0.25, -0.2) is 0 Å². The Morgan fingerprint density at radius 1 is 1.00 bits per heavy atom. The van der Waals surface area contributed by atoms with Crippen molar-refractivity contribution in [3.8, 4) is 11.5 Å². The Labute approximate surface area is 122 Å². The van der Waals surface area contributed by atoms with Crippen molar-refractivity contribution in [3.05, 3.63) is 24.3 Å². The molecule has 18 heavy (non-hydrogen) atoms. The van der Waals surface area contributed by atoms with Gasteiger partial charge in [-0.2, -0.15) is 0 Å². The van der Waals surface area contributed by atoms with E-state index in [9.17, 15) is 9.59 Å². The minimum absolute atomic E-state index is 0.332. The average molecular weight is 380 g/mol. The van der Waals surface area contributed by atoms with E-state index in [1.807, 2.05) is 0 Å². The van der Waals surface area contributed by atoms with E-state index in [4.69, 9.17) is 9.47 Å². The van der Waals surface area contributed by atoms with Crippen LogP contribution in [0.5, 0.6) is 11.5 Å². The summed E-state index contributed by atoms with van der Waals surface area (Å²) in [5, 5.41) is 0. The first-order valence-electron chi connectivity index (χ1n) is 5.21. The molecule has 1 aromatic rings. The van der Waals surface area contributed by atoms with Crippen LogP contribution in [0.3, 0.4) is 0 Å². The normalized spacial score (nSPS) is 13.6. The molecule has 0 heterocycles. The summed E-state index contributed by atoms with van der Waals surface area (Å²) >= 11 is 6.22. The molecular weight excluding hydrogens is 368 g/mol. The third kappa shape index (κ3) is 4.78. The standard InChI is InChI=1S/C12H12Br2O4/c1-7(13)11(15)17-9-4-3-5-10(6-9)18-12(16)8(2)14/h3-8H,1-2H3. The van der Waals surface area contributed by atoms with Crippen LogP contribution in [-0.2, 0) is 9.59 Å². The molecule has 0 amide bonds. The van der Waals surface area contributed by atoms with Gasteiger partial charge in [0, 0.05) is 6.07 Å². The molecular formula is C12H12Br2O4. The van der Waals surface area contributed by atoms with Crippen LogP contribution in [0, 0.1) is 0 Å². The van der Waals surface area contributed by atoms with E-state index in [2.05, 4.69) is 31.9 Å². The highest BCUT2D eigenvalue weighted by atomic mass is 79.9. The molecule has 0 bridgehead atoms. The van der Waals surface area contributed by atoms with Gasteiger partial charge >= 0.3 is 11.9 Å². The first-order valence-corrected chi connectivity index (χ1v) is 7.05. The number of ether oxygens (including phenoxy) is 2. The molecule has 1 aromatic carbocycles. The largest absolute Gasteiger partial charge is 0.426 e. The Morgan fingerprint density at radius 3 is 1.72 bits per heavy atom. The molecule has 1 rings (SSSR count). The molecule has 0 aliphatic heterocycles. The average Bonchev–Trinajstić information content (AvgIpc) is 2.29. The Kier molecular flexibility index (Phi) is 5.81. The van der Waals surface area contributed by atoms with Crippen molar-refractivity contribution in [1.82, 2.24) is 0 Å². The number of carbonyl (C=O) groups is 2. The summed E-state index contributed by atoms with van der Waals surface area (Å²) in [7, 11) is 0. The zero-order valence-corrected chi connectivity index (χ0v) is 13.0. The van der Waals surface area contributed by atoms with Gasteiger partial charge < -0.3 is 9.47 Å². The topological polar surface area (TPSA) is 52.6 Å². The van der Waals surface area contributed by atoms with Crippen LogP contribution in [0.25, 0.3) is 0 Å². The van der Waals surface area contributed by atoms with E-state index in [-0.39, 0.29) is 0 Å². The van der Waals surface area contributed by atoms with Crippen LogP contribution in [-0.4, -0.2) is 21.6 Å². The van der Waals surface area contributed by atoms with E-state index in [0.29, 0.717) is 11.5 Å².